The molecule has 1 aromatic carbocycles. The van der Waals surface area contributed by atoms with Crippen molar-refractivity contribution in [1.29, 1.82) is 0 Å². The second-order valence-corrected chi connectivity index (χ2v) is 11.7. The van der Waals surface area contributed by atoms with Crippen molar-refractivity contribution >= 4 is 0 Å². The molecule has 0 heterocycles. The fourth-order valence-electron chi connectivity index (χ4n) is 8.27. The SMILES string of the molecule is OCC(c1cc(C2CC2)c(OCC23CC4CC(CC(C4)C2)C3)cc1F)C1CCCC1. The molecule has 7 rings (SSSR count). The van der Waals surface area contributed by atoms with Crippen LogP contribution in [0.5, 0.6) is 5.75 Å². The lowest BCUT2D eigenvalue weighted by Gasteiger charge is -2.56. The van der Waals surface area contributed by atoms with Crippen LogP contribution in [-0.4, -0.2) is 18.3 Å². The number of ether oxygens (including phenoxy) is 1. The van der Waals surface area contributed by atoms with Crippen molar-refractivity contribution in [2.45, 2.75) is 88.9 Å². The van der Waals surface area contributed by atoms with Crippen LogP contribution in [-0.2, 0) is 0 Å². The second kappa shape index (κ2) is 7.50. The third-order valence-electron chi connectivity index (χ3n) is 9.41. The number of aliphatic hydroxyl groups is 1. The fraction of sp³-hybridized carbons (Fsp3) is 0.778. The summed E-state index contributed by atoms with van der Waals surface area (Å²) in [6, 6.07) is 3.77. The van der Waals surface area contributed by atoms with Gasteiger partial charge in [0, 0.05) is 17.4 Å². The summed E-state index contributed by atoms with van der Waals surface area (Å²) in [6.07, 6.45) is 15.3. The molecule has 4 bridgehead atoms. The quantitative estimate of drug-likeness (QED) is 0.549. The molecule has 6 aliphatic carbocycles. The Hall–Kier alpha value is -1.09. The molecule has 0 saturated heterocycles. The summed E-state index contributed by atoms with van der Waals surface area (Å²) in [7, 11) is 0. The molecule has 1 atom stereocenters. The minimum absolute atomic E-state index is 0.0535. The van der Waals surface area contributed by atoms with Crippen LogP contribution >= 0.6 is 0 Å². The molecule has 1 aromatic rings. The van der Waals surface area contributed by atoms with Gasteiger partial charge in [0.05, 0.1) is 13.2 Å². The summed E-state index contributed by atoms with van der Waals surface area (Å²) in [4.78, 5) is 0. The van der Waals surface area contributed by atoms with Crippen LogP contribution in [0.25, 0.3) is 0 Å². The van der Waals surface area contributed by atoms with Crippen LogP contribution in [0.1, 0.15) is 100 Å². The van der Waals surface area contributed by atoms with Crippen molar-refractivity contribution in [1.82, 2.24) is 0 Å². The topological polar surface area (TPSA) is 29.5 Å². The van der Waals surface area contributed by atoms with Gasteiger partial charge in [0.2, 0.25) is 0 Å². The molecule has 1 unspecified atom stereocenters. The number of rotatable bonds is 7. The molecular formula is C27H37FO2. The third kappa shape index (κ3) is 3.49. The highest BCUT2D eigenvalue weighted by atomic mass is 19.1. The molecule has 1 N–H and O–H groups in total. The lowest BCUT2D eigenvalue weighted by molar-refractivity contribution is -0.0747. The predicted octanol–water partition coefficient (Wildman–Crippen LogP) is 6.56. The van der Waals surface area contributed by atoms with Crippen molar-refractivity contribution in [3.63, 3.8) is 0 Å². The first-order chi connectivity index (χ1) is 14.6. The molecule has 0 aliphatic heterocycles. The number of aliphatic hydroxyl groups excluding tert-OH is 1. The second-order valence-electron chi connectivity index (χ2n) is 11.7. The van der Waals surface area contributed by atoms with E-state index < -0.39 is 0 Å². The average Bonchev–Trinajstić information content (AvgIpc) is 3.42. The van der Waals surface area contributed by atoms with Crippen molar-refractivity contribution in [3.8, 4) is 5.75 Å². The number of hydrogen-bond donors (Lipinski definition) is 1. The van der Waals surface area contributed by atoms with E-state index in [9.17, 15) is 5.11 Å². The van der Waals surface area contributed by atoms with Crippen LogP contribution in [0.15, 0.2) is 12.1 Å². The third-order valence-corrected chi connectivity index (χ3v) is 9.41. The minimum Gasteiger partial charge on any atom is -0.493 e. The zero-order valence-electron chi connectivity index (χ0n) is 18.3. The van der Waals surface area contributed by atoms with Gasteiger partial charge in [0.25, 0.3) is 0 Å². The van der Waals surface area contributed by atoms with Gasteiger partial charge in [-0.1, -0.05) is 12.8 Å². The van der Waals surface area contributed by atoms with Gasteiger partial charge in [-0.15, -0.1) is 0 Å². The van der Waals surface area contributed by atoms with E-state index in [1.165, 1.54) is 69.8 Å². The normalized spacial score (nSPS) is 36.4. The molecular weight excluding hydrogens is 375 g/mol. The lowest BCUT2D eigenvalue weighted by atomic mass is 9.50. The Labute approximate surface area is 180 Å². The Balaban J connectivity index is 1.25. The predicted molar refractivity (Wildman–Crippen MR) is 116 cm³/mol. The first-order valence-corrected chi connectivity index (χ1v) is 12.7. The van der Waals surface area contributed by atoms with Crippen molar-refractivity contribution in [2.75, 3.05) is 13.2 Å². The first-order valence-electron chi connectivity index (χ1n) is 12.7. The van der Waals surface area contributed by atoms with E-state index in [-0.39, 0.29) is 18.3 Å². The maximum Gasteiger partial charge on any atom is 0.130 e. The molecule has 0 amide bonds. The molecule has 0 aromatic heterocycles. The maximum absolute atomic E-state index is 15.3. The Morgan fingerprint density at radius 3 is 2.17 bits per heavy atom. The standard InChI is InChI=1S/C27H37FO2/c28-25-11-26(30-16-27-12-17-7-18(13-27)9-19(8-17)14-27)22(21-5-6-21)10-23(25)24(15-29)20-3-1-2-4-20/h10-11,17-21,24,29H,1-9,12-16H2. The fourth-order valence-corrected chi connectivity index (χ4v) is 8.27. The Bertz CT molecular complexity index is 757. The largest absolute Gasteiger partial charge is 0.493 e. The lowest BCUT2D eigenvalue weighted by Crippen LogP contribution is -2.48. The van der Waals surface area contributed by atoms with Gasteiger partial charge in [-0.25, -0.2) is 4.39 Å². The van der Waals surface area contributed by atoms with Crippen LogP contribution in [0.4, 0.5) is 4.39 Å². The molecule has 0 radical (unpaired) electrons. The van der Waals surface area contributed by atoms with Gasteiger partial charge in [0.1, 0.15) is 11.6 Å². The molecule has 2 nitrogen and oxygen atoms in total. The van der Waals surface area contributed by atoms with Crippen molar-refractivity contribution < 1.29 is 14.2 Å². The minimum atomic E-state index is -0.161. The number of hydrogen-bond acceptors (Lipinski definition) is 2. The van der Waals surface area contributed by atoms with Gasteiger partial charge >= 0.3 is 0 Å². The zero-order valence-corrected chi connectivity index (χ0v) is 18.3. The molecule has 164 valence electrons. The van der Waals surface area contributed by atoms with Gasteiger partial charge < -0.3 is 9.84 Å². The maximum atomic E-state index is 15.3. The van der Waals surface area contributed by atoms with Gasteiger partial charge in [-0.3, -0.25) is 0 Å². The van der Waals surface area contributed by atoms with E-state index in [4.69, 9.17) is 4.74 Å². The summed E-state index contributed by atoms with van der Waals surface area (Å²) in [5.74, 6) is 4.29. The first kappa shape index (κ1) is 19.6. The van der Waals surface area contributed by atoms with E-state index >= 15 is 4.39 Å². The van der Waals surface area contributed by atoms with Gasteiger partial charge in [-0.05, 0) is 111 Å². The summed E-state index contributed by atoms with van der Waals surface area (Å²) in [5.41, 5.74) is 2.31. The Morgan fingerprint density at radius 2 is 1.60 bits per heavy atom. The molecule has 3 heteroatoms. The van der Waals surface area contributed by atoms with E-state index in [1.807, 2.05) is 0 Å². The van der Waals surface area contributed by atoms with Crippen LogP contribution < -0.4 is 4.74 Å². The number of halogens is 1. The molecule has 0 spiro atoms. The molecule has 6 fully saturated rings. The zero-order chi connectivity index (χ0) is 20.3. The van der Waals surface area contributed by atoms with Crippen LogP contribution in [0.2, 0.25) is 0 Å². The Kier molecular flexibility index (Phi) is 4.90. The molecule has 30 heavy (non-hydrogen) atoms. The molecule has 6 saturated carbocycles. The monoisotopic (exact) mass is 412 g/mol. The smallest absolute Gasteiger partial charge is 0.130 e. The highest BCUT2D eigenvalue weighted by Crippen LogP contribution is 2.60. The van der Waals surface area contributed by atoms with Gasteiger partial charge in [-0.2, -0.15) is 0 Å². The van der Waals surface area contributed by atoms with E-state index in [1.54, 1.807) is 6.07 Å². The average molecular weight is 413 g/mol. The molecule has 6 aliphatic rings. The summed E-state index contributed by atoms with van der Waals surface area (Å²) in [5, 5.41) is 10.1. The number of benzene rings is 1. The van der Waals surface area contributed by atoms with E-state index in [2.05, 4.69) is 6.07 Å². The van der Waals surface area contributed by atoms with Crippen molar-refractivity contribution in [2.24, 2.45) is 29.1 Å². The van der Waals surface area contributed by atoms with Crippen LogP contribution in [0, 0.1) is 34.9 Å². The van der Waals surface area contributed by atoms with Crippen LogP contribution in [0.3, 0.4) is 0 Å². The van der Waals surface area contributed by atoms with Crippen molar-refractivity contribution in [3.05, 3.63) is 29.1 Å². The van der Waals surface area contributed by atoms with Gasteiger partial charge in [0.15, 0.2) is 0 Å². The summed E-state index contributed by atoms with van der Waals surface area (Å²) < 4.78 is 21.8. The summed E-state index contributed by atoms with van der Waals surface area (Å²) >= 11 is 0. The Morgan fingerprint density at radius 1 is 0.967 bits per heavy atom. The van der Waals surface area contributed by atoms with E-state index in [0.29, 0.717) is 17.3 Å². The van der Waals surface area contributed by atoms with E-state index in [0.717, 1.165) is 48.5 Å². The highest BCUT2D eigenvalue weighted by Gasteiger charge is 2.51. The highest BCUT2D eigenvalue weighted by molar-refractivity contribution is 5.44. The summed E-state index contributed by atoms with van der Waals surface area (Å²) in [6.45, 7) is 0.834.